The number of nitrogens with two attached hydrogens (primary N) is 2. The number of rotatable bonds is 7. The maximum absolute atomic E-state index is 13.2. The summed E-state index contributed by atoms with van der Waals surface area (Å²) in [5.41, 5.74) is 13.8. The number of aromatic nitrogens is 1. The highest BCUT2D eigenvalue weighted by molar-refractivity contribution is 7.90. The van der Waals surface area contributed by atoms with E-state index in [4.69, 9.17) is 20.9 Å². The van der Waals surface area contributed by atoms with E-state index in [0.29, 0.717) is 16.9 Å². The Morgan fingerprint density at radius 3 is 2.42 bits per heavy atom. The molecule has 2 aromatic rings. The summed E-state index contributed by atoms with van der Waals surface area (Å²) >= 11 is 0. The lowest BCUT2D eigenvalue weighted by Crippen LogP contribution is -2.63. The molecule has 1 aromatic carbocycles. The summed E-state index contributed by atoms with van der Waals surface area (Å²) in [7, 11) is -0.783. The second-order valence-corrected chi connectivity index (χ2v) is 9.55. The molecule has 0 radical (unpaired) electrons. The molecule has 2 unspecified atom stereocenters. The first-order chi connectivity index (χ1) is 15.4. The fourth-order valence-electron chi connectivity index (χ4n) is 3.70. The molecule has 1 aliphatic heterocycles. The van der Waals surface area contributed by atoms with Crippen molar-refractivity contribution in [3.63, 3.8) is 0 Å². The molecule has 0 saturated heterocycles. The van der Waals surface area contributed by atoms with Crippen molar-refractivity contribution in [3.8, 4) is 17.0 Å². The standard InChI is InChI=1S/C20H26F3N5O4S/c1-31-9-8-27-14-6-5-13(12-4-7-15(32-2)16(10-12)33(3,29)30)26-17(14)18(24)28(19(27)25)11-20(21,22)23/h4-7,10,18-19H,8-9,11,24-25H2,1-3H3. The van der Waals surface area contributed by atoms with Crippen molar-refractivity contribution in [3.05, 3.63) is 36.0 Å². The summed E-state index contributed by atoms with van der Waals surface area (Å²) in [4.78, 5) is 6.92. The number of halogens is 3. The van der Waals surface area contributed by atoms with E-state index < -0.39 is 35.0 Å². The highest BCUT2D eigenvalue weighted by Crippen LogP contribution is 2.37. The van der Waals surface area contributed by atoms with Crippen LogP contribution in [0.3, 0.4) is 0 Å². The minimum atomic E-state index is -4.53. The van der Waals surface area contributed by atoms with Gasteiger partial charge in [0.05, 0.1) is 37.3 Å². The third-order valence-corrected chi connectivity index (χ3v) is 6.38. The highest BCUT2D eigenvalue weighted by atomic mass is 32.2. The molecule has 2 atom stereocenters. The van der Waals surface area contributed by atoms with Crippen LogP contribution in [0.2, 0.25) is 0 Å². The normalized spacial score (nSPS) is 19.5. The van der Waals surface area contributed by atoms with Gasteiger partial charge in [-0.05, 0) is 30.3 Å². The van der Waals surface area contributed by atoms with Gasteiger partial charge in [0.15, 0.2) is 9.84 Å². The predicted octanol–water partition coefficient (Wildman–Crippen LogP) is 1.69. The Bertz CT molecular complexity index is 1110. The van der Waals surface area contributed by atoms with Gasteiger partial charge in [0.1, 0.15) is 23.1 Å². The summed E-state index contributed by atoms with van der Waals surface area (Å²) in [6, 6.07) is 7.79. The lowest BCUT2D eigenvalue weighted by molar-refractivity contribution is -0.158. The minimum absolute atomic E-state index is 0.0336. The number of benzene rings is 1. The van der Waals surface area contributed by atoms with Crippen molar-refractivity contribution in [1.82, 2.24) is 9.88 Å². The van der Waals surface area contributed by atoms with Crippen LogP contribution in [0, 0.1) is 0 Å². The van der Waals surface area contributed by atoms with E-state index in [9.17, 15) is 21.6 Å². The van der Waals surface area contributed by atoms with Crippen LogP contribution in [0.5, 0.6) is 5.75 Å². The Morgan fingerprint density at radius 2 is 1.85 bits per heavy atom. The smallest absolute Gasteiger partial charge is 0.401 e. The lowest BCUT2D eigenvalue weighted by Gasteiger charge is -2.46. The molecule has 2 heterocycles. The van der Waals surface area contributed by atoms with Gasteiger partial charge >= 0.3 is 6.18 Å². The van der Waals surface area contributed by atoms with Crippen LogP contribution in [-0.4, -0.2) is 70.9 Å². The van der Waals surface area contributed by atoms with E-state index in [1.54, 1.807) is 23.1 Å². The molecular formula is C20H26F3N5O4S. The van der Waals surface area contributed by atoms with E-state index in [1.165, 1.54) is 26.4 Å². The zero-order valence-corrected chi connectivity index (χ0v) is 19.2. The fourth-order valence-corrected chi connectivity index (χ4v) is 4.56. The van der Waals surface area contributed by atoms with Crippen LogP contribution < -0.4 is 21.1 Å². The first-order valence-electron chi connectivity index (χ1n) is 9.86. The van der Waals surface area contributed by atoms with E-state index in [1.807, 2.05) is 0 Å². The molecule has 0 amide bonds. The van der Waals surface area contributed by atoms with Gasteiger partial charge in [-0.25, -0.2) is 18.3 Å². The van der Waals surface area contributed by atoms with Crippen LogP contribution in [0.4, 0.5) is 18.9 Å². The van der Waals surface area contributed by atoms with Gasteiger partial charge in [0, 0.05) is 25.5 Å². The van der Waals surface area contributed by atoms with Crippen molar-refractivity contribution in [2.45, 2.75) is 23.5 Å². The summed E-state index contributed by atoms with van der Waals surface area (Å²) in [5, 5.41) is 0. The average molecular weight is 490 g/mol. The number of sulfone groups is 1. The predicted molar refractivity (Wildman–Crippen MR) is 116 cm³/mol. The molecule has 33 heavy (non-hydrogen) atoms. The zero-order chi connectivity index (χ0) is 24.6. The third-order valence-electron chi connectivity index (χ3n) is 5.27. The highest BCUT2D eigenvalue weighted by Gasteiger charge is 2.42. The van der Waals surface area contributed by atoms with Crippen molar-refractivity contribution < 1.29 is 31.1 Å². The molecular weight excluding hydrogens is 463 g/mol. The number of methoxy groups -OCH3 is 2. The van der Waals surface area contributed by atoms with E-state index >= 15 is 0 Å². The topological polar surface area (TPSA) is 124 Å². The maximum Gasteiger partial charge on any atom is 0.401 e. The number of fused-ring (bicyclic) bond motifs is 1. The van der Waals surface area contributed by atoms with Crippen LogP contribution in [0.25, 0.3) is 11.3 Å². The molecule has 0 fully saturated rings. The molecule has 13 heteroatoms. The zero-order valence-electron chi connectivity index (χ0n) is 18.3. The Morgan fingerprint density at radius 1 is 1.15 bits per heavy atom. The number of pyridine rings is 1. The molecule has 0 bridgehead atoms. The molecule has 4 N–H and O–H groups in total. The van der Waals surface area contributed by atoms with Gasteiger partial charge < -0.3 is 20.1 Å². The molecule has 0 saturated carbocycles. The van der Waals surface area contributed by atoms with Crippen molar-refractivity contribution >= 4 is 15.5 Å². The van der Waals surface area contributed by atoms with Crippen molar-refractivity contribution in [2.75, 3.05) is 45.1 Å². The Hall–Kier alpha value is -2.45. The number of nitrogens with zero attached hydrogens (tertiary/aromatic N) is 3. The molecule has 3 rings (SSSR count). The number of anilines is 1. The Balaban J connectivity index is 2.11. The Kier molecular flexibility index (Phi) is 7.19. The second kappa shape index (κ2) is 9.43. The van der Waals surface area contributed by atoms with Gasteiger partial charge in [-0.15, -0.1) is 0 Å². The molecule has 0 aliphatic carbocycles. The molecule has 182 valence electrons. The van der Waals surface area contributed by atoms with Gasteiger partial charge in [-0.1, -0.05) is 0 Å². The van der Waals surface area contributed by atoms with Crippen molar-refractivity contribution in [1.29, 1.82) is 0 Å². The summed E-state index contributed by atoms with van der Waals surface area (Å²) in [5.74, 6) is 0.170. The molecule has 1 aromatic heterocycles. The van der Waals surface area contributed by atoms with E-state index in [-0.39, 0.29) is 29.5 Å². The first-order valence-corrected chi connectivity index (χ1v) is 11.7. The van der Waals surface area contributed by atoms with Crippen LogP contribution in [0.15, 0.2) is 35.2 Å². The summed E-state index contributed by atoms with van der Waals surface area (Å²) in [6.45, 7) is -0.890. The molecule has 1 aliphatic rings. The monoisotopic (exact) mass is 489 g/mol. The number of ether oxygens (including phenoxy) is 2. The number of alkyl halides is 3. The van der Waals surface area contributed by atoms with Crippen LogP contribution >= 0.6 is 0 Å². The maximum atomic E-state index is 13.2. The van der Waals surface area contributed by atoms with Crippen LogP contribution in [0.1, 0.15) is 11.9 Å². The van der Waals surface area contributed by atoms with Gasteiger partial charge in [-0.3, -0.25) is 5.73 Å². The molecule has 0 spiro atoms. The number of hydrogen-bond acceptors (Lipinski definition) is 9. The second-order valence-electron chi connectivity index (χ2n) is 7.57. The Labute approximate surface area is 190 Å². The summed E-state index contributed by atoms with van der Waals surface area (Å²) < 4.78 is 74.2. The van der Waals surface area contributed by atoms with Gasteiger partial charge in [-0.2, -0.15) is 13.2 Å². The SMILES string of the molecule is COCCN1c2ccc(-c3ccc(OC)c(S(C)(=O)=O)c3)nc2C(N)N(CC(F)(F)F)C1N. The van der Waals surface area contributed by atoms with E-state index in [2.05, 4.69) is 4.98 Å². The minimum Gasteiger partial charge on any atom is -0.495 e. The average Bonchev–Trinajstić information content (AvgIpc) is 2.74. The van der Waals surface area contributed by atoms with Crippen LogP contribution in [-0.2, 0) is 14.6 Å². The summed E-state index contributed by atoms with van der Waals surface area (Å²) in [6.07, 6.45) is -5.86. The first kappa shape index (κ1) is 25.2. The van der Waals surface area contributed by atoms with Crippen molar-refractivity contribution in [2.24, 2.45) is 11.5 Å². The van der Waals surface area contributed by atoms with Gasteiger partial charge in [0.25, 0.3) is 0 Å². The number of hydrogen-bond donors (Lipinski definition) is 2. The third kappa shape index (κ3) is 5.38. The molecule has 9 nitrogen and oxygen atoms in total. The van der Waals surface area contributed by atoms with Gasteiger partial charge in [0.2, 0.25) is 0 Å². The largest absolute Gasteiger partial charge is 0.495 e. The lowest BCUT2D eigenvalue weighted by atomic mass is 10.1. The fraction of sp³-hybridized carbons (Fsp3) is 0.450. The quantitative estimate of drug-likeness (QED) is 0.598. The van der Waals surface area contributed by atoms with E-state index in [0.717, 1.165) is 11.2 Å².